The van der Waals surface area contributed by atoms with Crippen LogP contribution in [0.15, 0.2) is 24.3 Å². The molecule has 1 fully saturated rings. The van der Waals surface area contributed by atoms with Crippen LogP contribution in [0, 0.1) is 0 Å². The molecule has 122 valence electrons. The Kier molecular flexibility index (Phi) is 7.60. The molecule has 0 aromatic heterocycles. The molecule has 2 rings (SSSR count). The number of carbonyl (C=O) groups excluding carboxylic acids is 1. The summed E-state index contributed by atoms with van der Waals surface area (Å²) in [6.45, 7) is 4.36. The van der Waals surface area contributed by atoms with Gasteiger partial charge in [-0.2, -0.15) is 0 Å². The second-order valence-electron chi connectivity index (χ2n) is 5.59. The van der Waals surface area contributed by atoms with Crippen molar-refractivity contribution >= 4 is 17.7 Å². The van der Waals surface area contributed by atoms with Crippen LogP contribution in [0.5, 0.6) is 5.75 Å². The molecule has 0 spiro atoms. The second kappa shape index (κ2) is 9.74. The Labute approximate surface area is 137 Å². The number of likely N-dealkylation sites (tertiary alicyclic amines) is 1. The molecule has 22 heavy (non-hydrogen) atoms. The SMILES string of the molecule is COc1ccc(CSCC(=O)NCCCN2CCCC2)cc1. The third kappa shape index (κ3) is 6.28. The van der Waals surface area contributed by atoms with Crippen LogP contribution in [-0.2, 0) is 10.5 Å². The summed E-state index contributed by atoms with van der Waals surface area (Å²) in [5.74, 6) is 2.38. The maximum atomic E-state index is 11.8. The summed E-state index contributed by atoms with van der Waals surface area (Å²) in [6, 6.07) is 7.99. The van der Waals surface area contributed by atoms with Crippen molar-refractivity contribution in [2.24, 2.45) is 0 Å². The van der Waals surface area contributed by atoms with Crippen molar-refractivity contribution in [2.75, 3.05) is 39.0 Å². The molecule has 1 saturated heterocycles. The van der Waals surface area contributed by atoms with E-state index in [2.05, 4.69) is 10.2 Å². The number of benzene rings is 1. The number of nitrogens with zero attached hydrogens (tertiary/aromatic N) is 1. The summed E-state index contributed by atoms with van der Waals surface area (Å²) in [5, 5.41) is 3.00. The van der Waals surface area contributed by atoms with E-state index in [1.54, 1.807) is 18.9 Å². The van der Waals surface area contributed by atoms with E-state index in [9.17, 15) is 4.79 Å². The van der Waals surface area contributed by atoms with Crippen molar-refractivity contribution in [3.05, 3.63) is 29.8 Å². The Balaban J connectivity index is 1.51. The van der Waals surface area contributed by atoms with Crippen LogP contribution in [0.4, 0.5) is 0 Å². The number of rotatable bonds is 9. The van der Waals surface area contributed by atoms with Crippen LogP contribution in [0.2, 0.25) is 0 Å². The molecule has 1 N–H and O–H groups in total. The standard InChI is InChI=1S/C17H26N2O2S/c1-21-16-7-5-15(6-8-16)13-22-14-17(20)18-9-4-12-19-10-2-3-11-19/h5-8H,2-4,9-14H2,1H3,(H,18,20). The van der Waals surface area contributed by atoms with Gasteiger partial charge in [0.15, 0.2) is 0 Å². The van der Waals surface area contributed by atoms with Crippen molar-refractivity contribution in [3.63, 3.8) is 0 Å². The van der Waals surface area contributed by atoms with E-state index in [4.69, 9.17) is 4.74 Å². The number of hydrogen-bond acceptors (Lipinski definition) is 4. The van der Waals surface area contributed by atoms with Gasteiger partial charge >= 0.3 is 0 Å². The quantitative estimate of drug-likeness (QED) is 0.710. The predicted molar refractivity (Wildman–Crippen MR) is 92.5 cm³/mol. The van der Waals surface area contributed by atoms with Gasteiger partial charge in [0.1, 0.15) is 5.75 Å². The van der Waals surface area contributed by atoms with E-state index in [-0.39, 0.29) is 5.91 Å². The van der Waals surface area contributed by atoms with Crippen LogP contribution < -0.4 is 10.1 Å². The van der Waals surface area contributed by atoms with Crippen molar-refractivity contribution in [3.8, 4) is 5.75 Å². The monoisotopic (exact) mass is 322 g/mol. The van der Waals surface area contributed by atoms with Crippen LogP contribution in [0.1, 0.15) is 24.8 Å². The first-order chi connectivity index (χ1) is 10.8. The van der Waals surface area contributed by atoms with E-state index in [1.165, 1.54) is 31.5 Å². The zero-order chi connectivity index (χ0) is 15.6. The molecule has 0 atom stereocenters. The van der Waals surface area contributed by atoms with E-state index in [0.717, 1.165) is 31.0 Å². The lowest BCUT2D eigenvalue weighted by atomic mass is 10.2. The molecular weight excluding hydrogens is 296 g/mol. The smallest absolute Gasteiger partial charge is 0.230 e. The van der Waals surface area contributed by atoms with E-state index < -0.39 is 0 Å². The minimum Gasteiger partial charge on any atom is -0.497 e. The molecule has 0 radical (unpaired) electrons. The first-order valence-corrected chi connectivity index (χ1v) is 9.13. The Hall–Kier alpha value is -1.20. The van der Waals surface area contributed by atoms with Gasteiger partial charge in [-0.1, -0.05) is 12.1 Å². The average molecular weight is 322 g/mol. The van der Waals surface area contributed by atoms with Gasteiger partial charge in [-0.05, 0) is 56.6 Å². The van der Waals surface area contributed by atoms with Gasteiger partial charge in [0.2, 0.25) is 5.91 Å². The highest BCUT2D eigenvalue weighted by Gasteiger charge is 2.10. The van der Waals surface area contributed by atoms with E-state index >= 15 is 0 Å². The Morgan fingerprint density at radius 2 is 2.00 bits per heavy atom. The lowest BCUT2D eigenvalue weighted by molar-refractivity contribution is -0.118. The number of methoxy groups -OCH3 is 1. The molecule has 1 aliphatic heterocycles. The topological polar surface area (TPSA) is 41.6 Å². The maximum Gasteiger partial charge on any atom is 0.230 e. The van der Waals surface area contributed by atoms with Crippen molar-refractivity contribution < 1.29 is 9.53 Å². The lowest BCUT2D eigenvalue weighted by Gasteiger charge is -2.14. The highest BCUT2D eigenvalue weighted by molar-refractivity contribution is 7.99. The highest BCUT2D eigenvalue weighted by atomic mass is 32.2. The molecule has 1 aromatic rings. The Bertz CT molecular complexity index is 444. The molecule has 1 amide bonds. The summed E-state index contributed by atoms with van der Waals surface area (Å²) in [6.07, 6.45) is 3.71. The fourth-order valence-corrected chi connectivity index (χ4v) is 3.39. The van der Waals surface area contributed by atoms with E-state index in [0.29, 0.717) is 5.75 Å². The molecule has 0 unspecified atom stereocenters. The third-order valence-corrected chi connectivity index (χ3v) is 4.84. The molecular formula is C17H26N2O2S. The minimum absolute atomic E-state index is 0.139. The number of amides is 1. The van der Waals surface area contributed by atoms with Crippen molar-refractivity contribution in [1.82, 2.24) is 10.2 Å². The second-order valence-corrected chi connectivity index (χ2v) is 6.58. The molecule has 0 saturated carbocycles. The van der Waals surface area contributed by atoms with Crippen LogP contribution in [0.25, 0.3) is 0 Å². The highest BCUT2D eigenvalue weighted by Crippen LogP contribution is 2.16. The summed E-state index contributed by atoms with van der Waals surface area (Å²) >= 11 is 1.65. The minimum atomic E-state index is 0.139. The van der Waals surface area contributed by atoms with Crippen molar-refractivity contribution in [1.29, 1.82) is 0 Å². The zero-order valence-electron chi connectivity index (χ0n) is 13.3. The van der Waals surface area contributed by atoms with Gasteiger partial charge in [-0.15, -0.1) is 11.8 Å². The van der Waals surface area contributed by atoms with Gasteiger partial charge in [-0.3, -0.25) is 4.79 Å². The predicted octanol–water partition coefficient (Wildman–Crippen LogP) is 2.53. The maximum absolute atomic E-state index is 11.8. The molecule has 0 bridgehead atoms. The number of ether oxygens (including phenoxy) is 1. The molecule has 1 aromatic carbocycles. The third-order valence-electron chi connectivity index (χ3n) is 3.83. The zero-order valence-corrected chi connectivity index (χ0v) is 14.2. The summed E-state index contributed by atoms with van der Waals surface area (Å²) in [4.78, 5) is 14.2. The van der Waals surface area contributed by atoms with Gasteiger partial charge in [0, 0.05) is 12.3 Å². The summed E-state index contributed by atoms with van der Waals surface area (Å²) in [7, 11) is 1.66. The van der Waals surface area contributed by atoms with Gasteiger partial charge in [0.05, 0.1) is 12.9 Å². The molecule has 5 heteroatoms. The fraction of sp³-hybridized carbons (Fsp3) is 0.588. The average Bonchev–Trinajstić information content (AvgIpc) is 3.06. The largest absolute Gasteiger partial charge is 0.497 e. The van der Waals surface area contributed by atoms with Crippen LogP contribution >= 0.6 is 11.8 Å². The molecule has 1 aliphatic rings. The Morgan fingerprint density at radius 3 is 2.68 bits per heavy atom. The summed E-state index contributed by atoms with van der Waals surface area (Å²) < 4.78 is 5.13. The normalized spacial score (nSPS) is 15.0. The van der Waals surface area contributed by atoms with Gasteiger partial charge in [0.25, 0.3) is 0 Å². The molecule has 0 aliphatic carbocycles. The first-order valence-electron chi connectivity index (χ1n) is 7.97. The summed E-state index contributed by atoms with van der Waals surface area (Å²) in [5.41, 5.74) is 1.22. The van der Waals surface area contributed by atoms with Crippen LogP contribution in [-0.4, -0.2) is 49.8 Å². The Morgan fingerprint density at radius 1 is 1.27 bits per heavy atom. The number of hydrogen-bond donors (Lipinski definition) is 1. The first kappa shape index (κ1) is 17.2. The number of nitrogens with one attached hydrogen (secondary N) is 1. The van der Waals surface area contributed by atoms with E-state index in [1.807, 2.05) is 24.3 Å². The van der Waals surface area contributed by atoms with Gasteiger partial charge < -0.3 is 15.0 Å². The van der Waals surface area contributed by atoms with Crippen molar-refractivity contribution in [2.45, 2.75) is 25.0 Å². The molecule has 1 heterocycles. The van der Waals surface area contributed by atoms with Gasteiger partial charge in [-0.25, -0.2) is 0 Å². The van der Waals surface area contributed by atoms with Crippen LogP contribution in [0.3, 0.4) is 0 Å². The molecule has 4 nitrogen and oxygen atoms in total. The number of thioether (sulfide) groups is 1. The lowest BCUT2D eigenvalue weighted by Crippen LogP contribution is -2.29. The number of carbonyl (C=O) groups is 1. The fourth-order valence-electron chi connectivity index (χ4n) is 2.57.